The van der Waals surface area contributed by atoms with Crippen molar-refractivity contribution < 1.29 is 0 Å². The first-order valence-corrected chi connectivity index (χ1v) is 6.37. The van der Waals surface area contributed by atoms with Crippen molar-refractivity contribution in [1.29, 1.82) is 0 Å². The molecule has 1 saturated carbocycles. The van der Waals surface area contributed by atoms with Crippen molar-refractivity contribution in [3.8, 4) is 0 Å². The summed E-state index contributed by atoms with van der Waals surface area (Å²) in [6, 6.07) is 0. The maximum atomic E-state index is 4.07. The first kappa shape index (κ1) is 9.72. The Morgan fingerprint density at radius 3 is 2.54 bits per heavy atom. The Morgan fingerprint density at radius 1 is 1.31 bits per heavy atom. The maximum absolute atomic E-state index is 4.07. The minimum atomic E-state index is 0.616. The highest BCUT2D eigenvalue weighted by atomic mass is 79.9. The molecule has 74 valence electrons. The Hall–Kier alpha value is 0.180. The van der Waals surface area contributed by atoms with Gasteiger partial charge in [-0.2, -0.15) is 0 Å². The van der Waals surface area contributed by atoms with Crippen molar-refractivity contribution >= 4 is 15.9 Å². The van der Waals surface area contributed by atoms with Crippen molar-refractivity contribution in [2.45, 2.75) is 37.6 Å². The van der Waals surface area contributed by atoms with Gasteiger partial charge in [0.15, 0.2) is 0 Å². The largest absolute Gasteiger partial charge is 0.294 e. The van der Waals surface area contributed by atoms with E-state index in [-0.39, 0.29) is 0 Å². The van der Waals surface area contributed by atoms with Crippen LogP contribution in [0.5, 0.6) is 0 Å². The average molecular weight is 244 g/mol. The van der Waals surface area contributed by atoms with Crippen LogP contribution in [0, 0.1) is 0 Å². The predicted molar refractivity (Wildman–Crippen MR) is 60.3 cm³/mol. The Morgan fingerprint density at radius 2 is 2.00 bits per heavy atom. The molecule has 0 aromatic rings. The first-order valence-electron chi connectivity index (χ1n) is 5.24. The van der Waals surface area contributed by atoms with Crippen LogP contribution in [-0.4, -0.2) is 28.9 Å². The number of likely N-dealkylation sites (tertiary alicyclic amines) is 1. The molecule has 1 nitrogen and oxygen atoms in total. The molecule has 13 heavy (non-hydrogen) atoms. The van der Waals surface area contributed by atoms with Crippen LogP contribution in [0.1, 0.15) is 32.1 Å². The molecular formula is C11H18BrN. The lowest BCUT2D eigenvalue weighted by Gasteiger charge is -2.46. The first-order chi connectivity index (χ1) is 6.27. The van der Waals surface area contributed by atoms with E-state index >= 15 is 0 Å². The molecule has 0 unspecified atom stereocenters. The number of nitrogens with zero attached hydrogens (tertiary/aromatic N) is 1. The fraction of sp³-hybridized carbons (Fsp3) is 0.818. The van der Waals surface area contributed by atoms with Crippen LogP contribution in [0.25, 0.3) is 0 Å². The highest BCUT2D eigenvalue weighted by molar-refractivity contribution is 9.09. The summed E-state index contributed by atoms with van der Waals surface area (Å²) in [5.74, 6) is 0. The van der Waals surface area contributed by atoms with Crippen LogP contribution < -0.4 is 0 Å². The van der Waals surface area contributed by atoms with Crippen molar-refractivity contribution in [1.82, 2.24) is 4.90 Å². The lowest BCUT2D eigenvalue weighted by atomic mass is 9.75. The molecule has 0 amide bonds. The van der Waals surface area contributed by atoms with E-state index in [2.05, 4.69) is 27.4 Å². The number of alkyl halides is 1. The summed E-state index contributed by atoms with van der Waals surface area (Å²) in [5, 5.41) is 0.958. The molecule has 0 bridgehead atoms. The highest BCUT2D eigenvalue weighted by Gasteiger charge is 2.44. The van der Waals surface area contributed by atoms with Gasteiger partial charge in [-0.1, -0.05) is 28.1 Å². The van der Waals surface area contributed by atoms with E-state index in [9.17, 15) is 0 Å². The number of rotatable bonds is 3. The quantitative estimate of drug-likeness (QED) is 0.545. The summed E-state index contributed by atoms with van der Waals surface area (Å²) in [6.07, 6.45) is 7.14. The molecule has 2 fully saturated rings. The fourth-order valence-corrected chi connectivity index (χ4v) is 2.88. The molecule has 1 aliphatic carbocycles. The lowest BCUT2D eigenvalue weighted by molar-refractivity contribution is 0.0647. The molecule has 2 rings (SSSR count). The maximum Gasteiger partial charge on any atom is 0.0251 e. The molecule has 0 aromatic heterocycles. The Kier molecular flexibility index (Phi) is 2.80. The molecule has 2 aliphatic rings. The van der Waals surface area contributed by atoms with Crippen LogP contribution in [0.4, 0.5) is 0 Å². The Labute approximate surface area is 89.3 Å². The van der Waals surface area contributed by atoms with Crippen LogP contribution in [0.2, 0.25) is 0 Å². The van der Waals surface area contributed by atoms with Gasteiger partial charge in [-0.3, -0.25) is 4.90 Å². The summed E-state index contributed by atoms with van der Waals surface area (Å²) in [7, 11) is 0. The fourth-order valence-electron chi connectivity index (χ4n) is 2.70. The van der Waals surface area contributed by atoms with E-state index in [0.29, 0.717) is 5.54 Å². The van der Waals surface area contributed by atoms with Gasteiger partial charge in [0, 0.05) is 17.4 Å². The molecule has 0 atom stereocenters. The molecule has 1 heterocycles. The van der Waals surface area contributed by atoms with Gasteiger partial charge in [0.1, 0.15) is 0 Å². The second kappa shape index (κ2) is 3.74. The van der Waals surface area contributed by atoms with Crippen LogP contribution >= 0.6 is 15.9 Å². The number of halogens is 1. The van der Waals surface area contributed by atoms with Crippen molar-refractivity contribution in [3.63, 3.8) is 0 Å². The Balaban J connectivity index is 1.94. The van der Waals surface area contributed by atoms with Gasteiger partial charge < -0.3 is 0 Å². The van der Waals surface area contributed by atoms with E-state index in [4.69, 9.17) is 0 Å². The summed E-state index contributed by atoms with van der Waals surface area (Å²) >= 11 is 3.47. The molecule has 0 radical (unpaired) electrons. The lowest BCUT2D eigenvalue weighted by Crippen LogP contribution is -2.49. The zero-order chi connectivity index (χ0) is 9.31. The van der Waals surface area contributed by atoms with Crippen LogP contribution in [0.3, 0.4) is 0 Å². The molecule has 2 heteroatoms. The van der Waals surface area contributed by atoms with Gasteiger partial charge in [-0.05, 0) is 38.6 Å². The molecular weight excluding hydrogens is 226 g/mol. The van der Waals surface area contributed by atoms with E-state index < -0.39 is 0 Å². The minimum absolute atomic E-state index is 0.616. The second-order valence-corrected chi connectivity index (χ2v) is 5.05. The van der Waals surface area contributed by atoms with E-state index in [1.807, 2.05) is 0 Å². The van der Waals surface area contributed by atoms with Crippen LogP contribution in [-0.2, 0) is 0 Å². The van der Waals surface area contributed by atoms with Crippen molar-refractivity contribution in [2.75, 3.05) is 18.4 Å². The molecule has 1 spiro atoms. The predicted octanol–water partition coefficient (Wildman–Crippen LogP) is 2.96. The summed E-state index contributed by atoms with van der Waals surface area (Å²) in [5.41, 5.74) is 1.94. The average Bonchev–Trinajstić information content (AvgIpc) is 2.47. The van der Waals surface area contributed by atoms with Crippen LogP contribution in [0.15, 0.2) is 12.2 Å². The normalized spacial score (nSPS) is 26.2. The molecule has 0 aromatic carbocycles. The zero-order valence-electron chi connectivity index (χ0n) is 8.19. The standard InChI is InChI=1S/C11H18BrN/c1-10(8-12)9-13-7-3-6-11(13)4-2-5-11/h1-9H2. The SMILES string of the molecule is C=C(CBr)CN1CCCC12CCC2. The van der Waals surface area contributed by atoms with E-state index in [1.54, 1.807) is 0 Å². The third-order valence-corrected chi connectivity index (χ3v) is 4.42. The monoisotopic (exact) mass is 243 g/mol. The topological polar surface area (TPSA) is 3.24 Å². The van der Waals surface area contributed by atoms with E-state index in [1.165, 1.54) is 44.2 Å². The summed E-state index contributed by atoms with van der Waals surface area (Å²) < 4.78 is 0. The van der Waals surface area contributed by atoms with Gasteiger partial charge >= 0.3 is 0 Å². The zero-order valence-corrected chi connectivity index (χ0v) is 9.78. The van der Waals surface area contributed by atoms with Crippen molar-refractivity contribution in [3.05, 3.63) is 12.2 Å². The Bertz CT molecular complexity index is 208. The number of hydrogen-bond acceptors (Lipinski definition) is 1. The summed E-state index contributed by atoms with van der Waals surface area (Å²) in [4.78, 5) is 2.67. The van der Waals surface area contributed by atoms with Crippen molar-refractivity contribution in [2.24, 2.45) is 0 Å². The van der Waals surface area contributed by atoms with Gasteiger partial charge in [-0.15, -0.1) is 0 Å². The molecule has 1 aliphatic heterocycles. The molecule has 0 N–H and O–H groups in total. The number of hydrogen-bond donors (Lipinski definition) is 0. The highest BCUT2D eigenvalue weighted by Crippen LogP contribution is 2.45. The van der Waals surface area contributed by atoms with Gasteiger partial charge in [-0.25, -0.2) is 0 Å². The summed E-state index contributed by atoms with van der Waals surface area (Å²) in [6.45, 7) is 6.49. The third-order valence-electron chi connectivity index (χ3n) is 3.63. The second-order valence-electron chi connectivity index (χ2n) is 4.49. The van der Waals surface area contributed by atoms with Gasteiger partial charge in [0.25, 0.3) is 0 Å². The third kappa shape index (κ3) is 1.71. The smallest absolute Gasteiger partial charge is 0.0251 e. The van der Waals surface area contributed by atoms with Gasteiger partial charge in [0.05, 0.1) is 0 Å². The molecule has 1 saturated heterocycles. The van der Waals surface area contributed by atoms with E-state index in [0.717, 1.165) is 11.9 Å². The van der Waals surface area contributed by atoms with Gasteiger partial charge in [0.2, 0.25) is 0 Å². The minimum Gasteiger partial charge on any atom is -0.294 e.